The van der Waals surface area contributed by atoms with Crippen LogP contribution in [0.25, 0.3) is 0 Å². The maximum absolute atomic E-state index is 12.2. The molecular weight excluding hydrogens is 476 g/mol. The van der Waals surface area contributed by atoms with Crippen LogP contribution in [0.4, 0.5) is 0 Å². The van der Waals surface area contributed by atoms with Gasteiger partial charge in [0.1, 0.15) is 11.5 Å². The van der Waals surface area contributed by atoms with Crippen LogP contribution < -0.4 is 14.9 Å². The third kappa shape index (κ3) is 6.66. The van der Waals surface area contributed by atoms with Crippen molar-refractivity contribution in [3.8, 4) is 11.5 Å². The van der Waals surface area contributed by atoms with Crippen molar-refractivity contribution in [2.75, 3.05) is 13.2 Å². The van der Waals surface area contributed by atoms with Crippen molar-refractivity contribution < 1.29 is 14.3 Å². The summed E-state index contributed by atoms with van der Waals surface area (Å²) in [5.41, 5.74) is 3.86. The zero-order valence-electron chi connectivity index (χ0n) is 15.3. The Morgan fingerprint density at radius 1 is 1.04 bits per heavy atom. The lowest BCUT2D eigenvalue weighted by atomic mass is 10.2. The van der Waals surface area contributed by atoms with E-state index < -0.39 is 0 Å². The van der Waals surface area contributed by atoms with Crippen LogP contribution in [0, 0.1) is 0 Å². The van der Waals surface area contributed by atoms with Crippen molar-refractivity contribution in [3.05, 3.63) is 56.5 Å². The topological polar surface area (TPSA) is 59.9 Å². The molecular formula is C20H22Br2N2O3. The summed E-state index contributed by atoms with van der Waals surface area (Å²) in [6.45, 7) is 5.39. The second-order valence-corrected chi connectivity index (χ2v) is 7.44. The van der Waals surface area contributed by atoms with Crippen molar-refractivity contribution in [1.82, 2.24) is 5.43 Å². The number of hydrogen-bond acceptors (Lipinski definition) is 4. The third-order valence-corrected chi connectivity index (χ3v) is 4.62. The van der Waals surface area contributed by atoms with Crippen LogP contribution in [0.3, 0.4) is 0 Å². The summed E-state index contributed by atoms with van der Waals surface area (Å²) in [4.78, 5) is 12.2. The van der Waals surface area contributed by atoms with Gasteiger partial charge in [-0.25, -0.2) is 5.43 Å². The molecule has 0 aromatic heterocycles. The summed E-state index contributed by atoms with van der Waals surface area (Å²) < 4.78 is 12.8. The van der Waals surface area contributed by atoms with Crippen LogP contribution >= 0.6 is 31.9 Å². The zero-order chi connectivity index (χ0) is 19.6. The summed E-state index contributed by atoms with van der Waals surface area (Å²) in [7, 11) is 0. The minimum atomic E-state index is -0.283. The first-order chi connectivity index (χ1) is 13.0. The molecule has 7 heteroatoms. The van der Waals surface area contributed by atoms with Crippen molar-refractivity contribution >= 4 is 44.0 Å². The molecule has 144 valence electrons. The van der Waals surface area contributed by atoms with E-state index in [2.05, 4.69) is 49.3 Å². The standard InChI is InChI=1S/C20H22Br2N2O3/c1-3-9-26-16-7-5-15(6-8-16)20(25)24-23-13-14-11-17(21)19(18(22)12-14)27-10-4-2/h5-8,11-13H,3-4,9-10H2,1-2H3,(H,24,25)/b23-13-. The number of carbonyl (C=O) groups excluding carboxylic acids is 1. The van der Waals surface area contributed by atoms with E-state index in [1.165, 1.54) is 0 Å². The molecule has 0 spiro atoms. The van der Waals surface area contributed by atoms with Gasteiger partial charge in [0.05, 0.1) is 28.4 Å². The average molecular weight is 498 g/mol. The lowest BCUT2D eigenvalue weighted by Gasteiger charge is -2.10. The van der Waals surface area contributed by atoms with E-state index in [0.717, 1.165) is 38.8 Å². The van der Waals surface area contributed by atoms with E-state index >= 15 is 0 Å². The fourth-order valence-corrected chi connectivity index (χ4v) is 3.60. The Kier molecular flexibility index (Phi) is 8.81. The molecule has 27 heavy (non-hydrogen) atoms. The van der Waals surface area contributed by atoms with Crippen LogP contribution in [0.1, 0.15) is 42.6 Å². The monoisotopic (exact) mass is 496 g/mol. The first-order valence-electron chi connectivity index (χ1n) is 8.73. The van der Waals surface area contributed by atoms with Crippen molar-refractivity contribution in [2.24, 2.45) is 5.10 Å². The number of rotatable bonds is 9. The molecule has 0 saturated heterocycles. The molecule has 1 amide bonds. The Morgan fingerprint density at radius 3 is 2.22 bits per heavy atom. The molecule has 0 aliphatic heterocycles. The van der Waals surface area contributed by atoms with Crippen LogP contribution in [0.15, 0.2) is 50.4 Å². The van der Waals surface area contributed by atoms with Gasteiger partial charge in [0.2, 0.25) is 0 Å². The van der Waals surface area contributed by atoms with Gasteiger partial charge in [-0.05, 0) is 86.7 Å². The van der Waals surface area contributed by atoms with Gasteiger partial charge in [0.15, 0.2) is 0 Å². The molecule has 0 bridgehead atoms. The molecule has 2 aromatic rings. The molecule has 0 saturated carbocycles. The molecule has 0 atom stereocenters. The van der Waals surface area contributed by atoms with Gasteiger partial charge in [0, 0.05) is 5.56 Å². The Morgan fingerprint density at radius 2 is 1.63 bits per heavy atom. The molecule has 0 radical (unpaired) electrons. The highest BCUT2D eigenvalue weighted by Crippen LogP contribution is 2.34. The minimum absolute atomic E-state index is 0.283. The molecule has 0 aliphatic rings. The van der Waals surface area contributed by atoms with Crippen LogP contribution in [0.5, 0.6) is 11.5 Å². The molecule has 2 aromatic carbocycles. The smallest absolute Gasteiger partial charge is 0.271 e. The maximum Gasteiger partial charge on any atom is 0.271 e. The molecule has 5 nitrogen and oxygen atoms in total. The number of hydrogen-bond donors (Lipinski definition) is 1. The summed E-state index contributed by atoms with van der Waals surface area (Å²) in [6, 6.07) is 10.7. The van der Waals surface area contributed by atoms with Crippen molar-refractivity contribution in [3.63, 3.8) is 0 Å². The van der Waals surface area contributed by atoms with E-state index in [1.54, 1.807) is 30.5 Å². The maximum atomic E-state index is 12.2. The minimum Gasteiger partial charge on any atom is -0.494 e. The number of halogens is 2. The van der Waals surface area contributed by atoms with Crippen LogP contribution in [0.2, 0.25) is 0 Å². The normalized spacial score (nSPS) is 10.8. The Bertz CT molecular complexity index is 769. The molecule has 0 unspecified atom stereocenters. The van der Waals surface area contributed by atoms with Gasteiger partial charge in [-0.2, -0.15) is 5.10 Å². The first-order valence-corrected chi connectivity index (χ1v) is 10.3. The quantitative estimate of drug-likeness (QED) is 0.364. The van der Waals surface area contributed by atoms with Gasteiger partial charge in [-0.1, -0.05) is 13.8 Å². The second kappa shape index (κ2) is 11.1. The summed E-state index contributed by atoms with van der Waals surface area (Å²) in [6.07, 6.45) is 3.45. The van der Waals surface area contributed by atoms with Crippen LogP contribution in [-0.2, 0) is 0 Å². The van der Waals surface area contributed by atoms with E-state index in [-0.39, 0.29) is 5.91 Å². The fourth-order valence-electron chi connectivity index (χ4n) is 2.15. The highest BCUT2D eigenvalue weighted by atomic mass is 79.9. The first kappa shape index (κ1) is 21.4. The molecule has 0 heterocycles. The van der Waals surface area contributed by atoms with Crippen molar-refractivity contribution in [2.45, 2.75) is 26.7 Å². The Labute approximate surface area is 176 Å². The molecule has 0 fully saturated rings. The highest BCUT2D eigenvalue weighted by Gasteiger charge is 2.08. The molecule has 1 N–H and O–H groups in total. The number of nitrogens with one attached hydrogen (secondary N) is 1. The summed E-state index contributed by atoms with van der Waals surface area (Å²) in [5.74, 6) is 1.22. The Hall–Kier alpha value is -1.86. The number of amides is 1. The van der Waals surface area contributed by atoms with E-state index in [0.29, 0.717) is 18.8 Å². The predicted octanol–water partition coefficient (Wildman–Crippen LogP) is 5.55. The summed E-state index contributed by atoms with van der Waals surface area (Å²) in [5, 5.41) is 4.03. The largest absolute Gasteiger partial charge is 0.494 e. The fraction of sp³-hybridized carbons (Fsp3) is 0.300. The number of ether oxygens (including phenoxy) is 2. The third-order valence-electron chi connectivity index (χ3n) is 3.44. The lowest BCUT2D eigenvalue weighted by Crippen LogP contribution is -2.17. The number of carbonyl (C=O) groups is 1. The van der Waals surface area contributed by atoms with Crippen LogP contribution in [-0.4, -0.2) is 25.3 Å². The van der Waals surface area contributed by atoms with E-state index in [1.807, 2.05) is 19.1 Å². The Balaban J connectivity index is 1.97. The predicted molar refractivity (Wildman–Crippen MR) is 115 cm³/mol. The van der Waals surface area contributed by atoms with Gasteiger partial charge >= 0.3 is 0 Å². The molecule has 2 rings (SSSR count). The van der Waals surface area contributed by atoms with E-state index in [9.17, 15) is 4.79 Å². The highest BCUT2D eigenvalue weighted by molar-refractivity contribution is 9.11. The number of hydrazone groups is 1. The second-order valence-electron chi connectivity index (χ2n) is 5.73. The van der Waals surface area contributed by atoms with Gasteiger partial charge in [-0.3, -0.25) is 4.79 Å². The zero-order valence-corrected chi connectivity index (χ0v) is 18.5. The van der Waals surface area contributed by atoms with Crippen molar-refractivity contribution in [1.29, 1.82) is 0 Å². The lowest BCUT2D eigenvalue weighted by molar-refractivity contribution is 0.0955. The number of benzene rings is 2. The van der Waals surface area contributed by atoms with Gasteiger partial charge < -0.3 is 9.47 Å². The molecule has 0 aliphatic carbocycles. The summed E-state index contributed by atoms with van der Waals surface area (Å²) >= 11 is 6.99. The number of nitrogens with zero attached hydrogens (tertiary/aromatic N) is 1. The SMILES string of the molecule is CCCOc1ccc(C(=O)N/N=C\c2cc(Br)c(OCCC)c(Br)c2)cc1. The van der Waals surface area contributed by atoms with Gasteiger partial charge in [0.25, 0.3) is 5.91 Å². The van der Waals surface area contributed by atoms with E-state index in [4.69, 9.17) is 9.47 Å². The van der Waals surface area contributed by atoms with Gasteiger partial charge in [-0.15, -0.1) is 0 Å². The average Bonchev–Trinajstić information content (AvgIpc) is 2.66.